The highest BCUT2D eigenvalue weighted by Crippen LogP contribution is 2.55. The molecule has 2 aromatic heterocycles. The maximum Gasteiger partial charge on any atom is 0.272 e. The average Bonchev–Trinajstić information content (AvgIpc) is 2.83. The summed E-state index contributed by atoms with van der Waals surface area (Å²) >= 11 is 0. The van der Waals surface area contributed by atoms with Gasteiger partial charge in [-0.25, -0.2) is 4.98 Å². The van der Waals surface area contributed by atoms with Crippen LogP contribution in [0.2, 0.25) is 0 Å². The molecule has 4 fully saturated rings. The zero-order chi connectivity index (χ0) is 15.6. The molecular formula is C19H23N3O. The summed E-state index contributed by atoms with van der Waals surface area (Å²) in [6.45, 7) is 1.95. The molecule has 4 aliphatic carbocycles. The highest BCUT2D eigenvalue weighted by atomic mass is 16.2. The van der Waals surface area contributed by atoms with Crippen molar-refractivity contribution in [2.24, 2.45) is 17.8 Å². The Hall–Kier alpha value is -1.84. The molecule has 23 heavy (non-hydrogen) atoms. The number of nitrogens with one attached hydrogen (secondary N) is 1. The van der Waals surface area contributed by atoms with Crippen molar-refractivity contribution in [3.8, 4) is 0 Å². The molecule has 0 aromatic carbocycles. The zero-order valence-corrected chi connectivity index (χ0v) is 13.6. The van der Waals surface area contributed by atoms with Gasteiger partial charge in [-0.05, 0) is 75.3 Å². The highest BCUT2D eigenvalue weighted by molar-refractivity contribution is 5.99. The van der Waals surface area contributed by atoms with Gasteiger partial charge in [0.1, 0.15) is 5.82 Å². The minimum absolute atomic E-state index is 0.0174. The maximum atomic E-state index is 13.0. The van der Waals surface area contributed by atoms with Crippen LogP contribution in [-0.2, 0) is 0 Å². The van der Waals surface area contributed by atoms with E-state index in [-0.39, 0.29) is 11.4 Å². The molecule has 1 N–H and O–H groups in total. The number of nitrogens with zero attached hydrogens (tertiary/aromatic N) is 2. The van der Waals surface area contributed by atoms with Crippen molar-refractivity contribution in [3.05, 3.63) is 35.9 Å². The predicted molar refractivity (Wildman–Crippen MR) is 88.3 cm³/mol. The van der Waals surface area contributed by atoms with E-state index in [1.165, 1.54) is 38.5 Å². The lowest BCUT2D eigenvalue weighted by molar-refractivity contribution is -0.0167. The van der Waals surface area contributed by atoms with Crippen molar-refractivity contribution in [1.82, 2.24) is 14.7 Å². The monoisotopic (exact) mass is 309 g/mol. The van der Waals surface area contributed by atoms with E-state index in [9.17, 15) is 4.79 Å². The number of hydrogen-bond donors (Lipinski definition) is 1. The molecule has 2 aromatic rings. The first-order valence-corrected chi connectivity index (χ1v) is 8.88. The Bertz CT molecular complexity index is 756. The quantitative estimate of drug-likeness (QED) is 0.925. The molecular weight excluding hydrogens is 286 g/mol. The average molecular weight is 309 g/mol. The summed E-state index contributed by atoms with van der Waals surface area (Å²) in [6.07, 6.45) is 9.67. The second-order valence-corrected chi connectivity index (χ2v) is 8.12. The molecule has 0 unspecified atom stereocenters. The van der Waals surface area contributed by atoms with Crippen LogP contribution in [0.4, 0.5) is 0 Å². The van der Waals surface area contributed by atoms with E-state index in [0.717, 1.165) is 29.1 Å². The van der Waals surface area contributed by atoms with E-state index in [1.807, 2.05) is 35.7 Å². The molecule has 6 rings (SSSR count). The van der Waals surface area contributed by atoms with Gasteiger partial charge in [-0.2, -0.15) is 0 Å². The molecule has 4 bridgehead atoms. The number of aromatic nitrogens is 2. The van der Waals surface area contributed by atoms with Gasteiger partial charge in [0.2, 0.25) is 0 Å². The van der Waals surface area contributed by atoms with E-state index < -0.39 is 0 Å². The third-order valence-corrected chi connectivity index (χ3v) is 6.36. The Morgan fingerprint density at radius 2 is 1.83 bits per heavy atom. The number of pyridine rings is 1. The van der Waals surface area contributed by atoms with Crippen LogP contribution >= 0.6 is 0 Å². The van der Waals surface area contributed by atoms with Gasteiger partial charge in [-0.3, -0.25) is 4.79 Å². The van der Waals surface area contributed by atoms with Gasteiger partial charge in [0, 0.05) is 11.7 Å². The molecule has 120 valence electrons. The standard InChI is InChI=1S/C19H23N3O/c1-12-20-17(16-4-2-3-5-22(12)16)18(23)21-19-9-13-6-14(10-19)8-15(7-13)11-19/h2-5,13-15H,6-11H2,1H3,(H,21,23). The summed E-state index contributed by atoms with van der Waals surface area (Å²) in [5, 5.41) is 3.43. The lowest BCUT2D eigenvalue weighted by atomic mass is 9.53. The zero-order valence-electron chi connectivity index (χ0n) is 13.6. The molecule has 0 aliphatic heterocycles. The highest BCUT2D eigenvalue weighted by Gasteiger charge is 2.51. The number of carbonyl (C=O) groups is 1. The van der Waals surface area contributed by atoms with Crippen molar-refractivity contribution < 1.29 is 4.79 Å². The van der Waals surface area contributed by atoms with Crippen molar-refractivity contribution in [1.29, 1.82) is 0 Å². The van der Waals surface area contributed by atoms with Crippen LogP contribution in [-0.4, -0.2) is 20.8 Å². The summed E-state index contributed by atoms with van der Waals surface area (Å²) in [7, 11) is 0. The largest absolute Gasteiger partial charge is 0.345 e. The molecule has 1 amide bonds. The summed E-state index contributed by atoms with van der Waals surface area (Å²) in [5.74, 6) is 3.39. The summed E-state index contributed by atoms with van der Waals surface area (Å²) < 4.78 is 1.99. The van der Waals surface area contributed by atoms with Gasteiger partial charge in [-0.15, -0.1) is 0 Å². The minimum Gasteiger partial charge on any atom is -0.345 e. The number of aryl methyl sites for hydroxylation is 1. The Balaban J connectivity index is 1.47. The van der Waals surface area contributed by atoms with E-state index in [4.69, 9.17) is 0 Å². The van der Waals surface area contributed by atoms with E-state index in [0.29, 0.717) is 5.69 Å². The van der Waals surface area contributed by atoms with Crippen LogP contribution in [0.1, 0.15) is 54.8 Å². The summed E-state index contributed by atoms with van der Waals surface area (Å²) in [6, 6.07) is 5.93. The molecule has 4 heteroatoms. The second kappa shape index (κ2) is 4.59. The number of amides is 1. The van der Waals surface area contributed by atoms with Gasteiger partial charge in [0.15, 0.2) is 5.69 Å². The van der Waals surface area contributed by atoms with Crippen molar-refractivity contribution in [2.75, 3.05) is 0 Å². The van der Waals surface area contributed by atoms with Crippen LogP contribution in [0.5, 0.6) is 0 Å². The van der Waals surface area contributed by atoms with Gasteiger partial charge in [0.05, 0.1) is 5.52 Å². The topological polar surface area (TPSA) is 46.4 Å². The fraction of sp³-hybridized carbons (Fsp3) is 0.579. The van der Waals surface area contributed by atoms with Crippen LogP contribution in [0.3, 0.4) is 0 Å². The number of imidazole rings is 1. The molecule has 4 nitrogen and oxygen atoms in total. The first-order valence-electron chi connectivity index (χ1n) is 8.88. The third-order valence-electron chi connectivity index (χ3n) is 6.36. The van der Waals surface area contributed by atoms with Gasteiger partial charge in [0.25, 0.3) is 5.91 Å². The Morgan fingerprint density at radius 1 is 1.17 bits per heavy atom. The fourth-order valence-electron chi connectivity index (χ4n) is 5.92. The number of hydrogen-bond acceptors (Lipinski definition) is 2. The van der Waals surface area contributed by atoms with E-state index in [2.05, 4.69) is 10.3 Å². The number of carbonyl (C=O) groups excluding carboxylic acids is 1. The number of fused-ring (bicyclic) bond motifs is 1. The first-order chi connectivity index (χ1) is 11.1. The predicted octanol–water partition coefficient (Wildman–Crippen LogP) is 3.34. The van der Waals surface area contributed by atoms with Gasteiger partial charge >= 0.3 is 0 Å². The third kappa shape index (κ3) is 2.03. The number of rotatable bonds is 2. The van der Waals surface area contributed by atoms with Crippen molar-refractivity contribution in [3.63, 3.8) is 0 Å². The van der Waals surface area contributed by atoms with E-state index >= 15 is 0 Å². The van der Waals surface area contributed by atoms with E-state index in [1.54, 1.807) is 0 Å². The Morgan fingerprint density at radius 3 is 2.48 bits per heavy atom. The van der Waals surface area contributed by atoms with Crippen LogP contribution in [0, 0.1) is 24.7 Å². The van der Waals surface area contributed by atoms with Crippen LogP contribution in [0.25, 0.3) is 5.52 Å². The second-order valence-electron chi connectivity index (χ2n) is 8.12. The maximum absolute atomic E-state index is 13.0. The molecule has 4 saturated carbocycles. The first kappa shape index (κ1) is 13.6. The van der Waals surface area contributed by atoms with Crippen LogP contribution in [0.15, 0.2) is 24.4 Å². The van der Waals surface area contributed by atoms with Crippen molar-refractivity contribution >= 4 is 11.4 Å². The molecule has 0 saturated heterocycles. The minimum atomic E-state index is 0.0174. The molecule has 4 aliphatic rings. The molecule has 0 atom stereocenters. The van der Waals surface area contributed by atoms with Gasteiger partial charge in [-0.1, -0.05) is 6.07 Å². The Labute approximate surface area is 136 Å². The summed E-state index contributed by atoms with van der Waals surface area (Å²) in [4.78, 5) is 17.5. The van der Waals surface area contributed by atoms with Gasteiger partial charge < -0.3 is 9.72 Å². The molecule has 0 spiro atoms. The molecule has 2 heterocycles. The lowest BCUT2D eigenvalue weighted by Crippen LogP contribution is -2.59. The molecule has 0 radical (unpaired) electrons. The van der Waals surface area contributed by atoms with Crippen LogP contribution < -0.4 is 5.32 Å². The normalized spacial score (nSPS) is 34.9. The smallest absolute Gasteiger partial charge is 0.272 e. The Kier molecular flexibility index (Phi) is 2.71. The fourth-order valence-corrected chi connectivity index (χ4v) is 5.92. The van der Waals surface area contributed by atoms with Crippen molar-refractivity contribution in [2.45, 2.75) is 51.0 Å². The lowest BCUT2D eigenvalue weighted by Gasteiger charge is -2.56. The summed E-state index contributed by atoms with van der Waals surface area (Å²) in [5.41, 5.74) is 1.54. The SMILES string of the molecule is Cc1nc(C(=O)NC23CC4CC(CC(C4)C2)C3)c2ccccn12.